The van der Waals surface area contributed by atoms with Crippen LogP contribution in [-0.2, 0) is 4.79 Å². The molecule has 0 fully saturated rings. The fraction of sp³-hybridized carbons (Fsp3) is 0.111. The molecule has 1 aromatic heterocycles. The van der Waals surface area contributed by atoms with Crippen molar-refractivity contribution >= 4 is 39.3 Å². The van der Waals surface area contributed by atoms with E-state index >= 15 is 0 Å². The van der Waals surface area contributed by atoms with Gasteiger partial charge in [-0.25, -0.2) is 4.68 Å². The van der Waals surface area contributed by atoms with Crippen LogP contribution in [0.1, 0.15) is 12.5 Å². The molecule has 2 aromatic carbocycles. The molecule has 1 atom stereocenters. The Hall–Kier alpha value is -2.83. The van der Waals surface area contributed by atoms with Crippen LogP contribution in [0.3, 0.4) is 0 Å². The topological polar surface area (TPSA) is 110 Å². The van der Waals surface area contributed by atoms with Gasteiger partial charge in [-0.1, -0.05) is 52.0 Å². The predicted octanol–water partition coefficient (Wildman–Crippen LogP) is 3.41. The summed E-state index contributed by atoms with van der Waals surface area (Å²) in [5.74, 6) is 6.36. The molecule has 3 rings (SSSR count). The molecule has 3 N–H and O–H groups in total. The van der Waals surface area contributed by atoms with Gasteiger partial charge in [0.2, 0.25) is 11.1 Å². The molecule has 136 valence electrons. The van der Waals surface area contributed by atoms with E-state index in [1.165, 1.54) is 16.4 Å². The Morgan fingerprint density at radius 2 is 1.96 bits per heavy atom. The number of nitrogen functional groups attached to an aromatic ring is 1. The Morgan fingerprint density at radius 3 is 2.70 bits per heavy atom. The monoisotopic (exact) mass is 442 g/mol. The van der Waals surface area contributed by atoms with Gasteiger partial charge in [0.05, 0.1) is 16.5 Å². The first-order valence-electron chi connectivity index (χ1n) is 7.93. The van der Waals surface area contributed by atoms with E-state index in [0.29, 0.717) is 22.2 Å². The van der Waals surface area contributed by atoms with Crippen LogP contribution in [0, 0.1) is 11.3 Å². The van der Waals surface area contributed by atoms with Crippen molar-refractivity contribution in [3.05, 3.63) is 58.6 Å². The Kier molecular flexibility index (Phi) is 5.78. The summed E-state index contributed by atoms with van der Waals surface area (Å²) in [6, 6.07) is 16.4. The minimum atomic E-state index is -0.490. The van der Waals surface area contributed by atoms with E-state index in [4.69, 9.17) is 11.1 Å². The Bertz CT molecular complexity index is 1030. The second kappa shape index (κ2) is 8.24. The number of rotatable bonds is 5. The van der Waals surface area contributed by atoms with Crippen molar-refractivity contribution in [1.29, 1.82) is 5.26 Å². The SMILES string of the molecule is CC(Sc1nnc(-c2ccccc2Br)n1N)C(=O)Nc1ccccc1C#N. The van der Waals surface area contributed by atoms with Crippen molar-refractivity contribution in [3.63, 3.8) is 0 Å². The molecule has 0 saturated carbocycles. The first kappa shape index (κ1) is 18.9. The average Bonchev–Trinajstić information content (AvgIpc) is 3.03. The minimum Gasteiger partial charge on any atom is -0.335 e. The molecule has 1 unspecified atom stereocenters. The third-order valence-electron chi connectivity index (χ3n) is 3.74. The molecule has 1 heterocycles. The first-order chi connectivity index (χ1) is 13.0. The zero-order valence-corrected chi connectivity index (χ0v) is 16.7. The minimum absolute atomic E-state index is 0.256. The van der Waals surface area contributed by atoms with Gasteiger partial charge in [-0.2, -0.15) is 5.26 Å². The number of benzene rings is 2. The molecule has 27 heavy (non-hydrogen) atoms. The number of amides is 1. The largest absolute Gasteiger partial charge is 0.335 e. The lowest BCUT2D eigenvalue weighted by molar-refractivity contribution is -0.115. The smallest absolute Gasteiger partial charge is 0.237 e. The van der Waals surface area contributed by atoms with Crippen LogP contribution in [0.2, 0.25) is 0 Å². The van der Waals surface area contributed by atoms with E-state index in [1.54, 1.807) is 31.2 Å². The van der Waals surface area contributed by atoms with Crippen LogP contribution in [0.5, 0.6) is 0 Å². The van der Waals surface area contributed by atoms with E-state index in [2.05, 4.69) is 37.5 Å². The fourth-order valence-electron chi connectivity index (χ4n) is 2.32. The van der Waals surface area contributed by atoms with E-state index < -0.39 is 5.25 Å². The van der Waals surface area contributed by atoms with Gasteiger partial charge in [0.1, 0.15) is 6.07 Å². The Balaban J connectivity index is 1.75. The van der Waals surface area contributed by atoms with Gasteiger partial charge in [-0.15, -0.1) is 10.2 Å². The van der Waals surface area contributed by atoms with E-state index in [1.807, 2.05) is 24.3 Å². The summed E-state index contributed by atoms with van der Waals surface area (Å²) in [6.45, 7) is 1.74. The highest BCUT2D eigenvalue weighted by Crippen LogP contribution is 2.29. The van der Waals surface area contributed by atoms with Gasteiger partial charge >= 0.3 is 0 Å². The van der Waals surface area contributed by atoms with Gasteiger partial charge in [0.15, 0.2) is 5.82 Å². The van der Waals surface area contributed by atoms with Crippen molar-refractivity contribution < 1.29 is 4.79 Å². The number of hydrogen-bond donors (Lipinski definition) is 2. The molecule has 9 heteroatoms. The van der Waals surface area contributed by atoms with Crippen LogP contribution in [-0.4, -0.2) is 26.0 Å². The number of nitrogens with one attached hydrogen (secondary N) is 1. The van der Waals surface area contributed by atoms with Crippen molar-refractivity contribution in [2.75, 3.05) is 11.2 Å². The quantitative estimate of drug-likeness (QED) is 0.462. The molecule has 0 aliphatic rings. The number of nitriles is 1. The lowest BCUT2D eigenvalue weighted by Crippen LogP contribution is -2.24. The van der Waals surface area contributed by atoms with Crippen LogP contribution in [0.25, 0.3) is 11.4 Å². The molecule has 0 radical (unpaired) electrons. The van der Waals surface area contributed by atoms with Crippen molar-refractivity contribution in [2.45, 2.75) is 17.3 Å². The number of halogens is 1. The molecule has 0 aliphatic carbocycles. The van der Waals surface area contributed by atoms with Gasteiger partial charge in [-0.3, -0.25) is 4.79 Å². The van der Waals surface area contributed by atoms with Crippen molar-refractivity contribution in [2.24, 2.45) is 0 Å². The number of carbonyl (C=O) groups excluding carboxylic acids is 1. The summed E-state index contributed by atoms with van der Waals surface area (Å²) >= 11 is 4.65. The lowest BCUT2D eigenvalue weighted by Gasteiger charge is -2.12. The summed E-state index contributed by atoms with van der Waals surface area (Å²) in [6.07, 6.45) is 0. The zero-order valence-electron chi connectivity index (χ0n) is 14.3. The zero-order chi connectivity index (χ0) is 19.4. The van der Waals surface area contributed by atoms with Gasteiger partial charge < -0.3 is 11.2 Å². The van der Waals surface area contributed by atoms with Crippen molar-refractivity contribution in [3.8, 4) is 17.5 Å². The molecule has 0 spiro atoms. The highest BCUT2D eigenvalue weighted by molar-refractivity contribution is 9.10. The second-order valence-corrected chi connectivity index (χ2v) is 7.73. The first-order valence-corrected chi connectivity index (χ1v) is 9.60. The molecule has 1 amide bonds. The molecule has 0 bridgehead atoms. The van der Waals surface area contributed by atoms with Gasteiger partial charge in [-0.05, 0) is 31.2 Å². The standard InChI is InChI=1S/C18H15BrN6OS/c1-11(17(26)22-15-9-5-2-6-12(15)10-20)27-18-24-23-16(25(18)21)13-7-3-4-8-14(13)19/h2-9,11H,21H2,1H3,(H,22,26). The maximum absolute atomic E-state index is 12.5. The average molecular weight is 443 g/mol. The van der Waals surface area contributed by atoms with Crippen LogP contribution >= 0.6 is 27.7 Å². The summed E-state index contributed by atoms with van der Waals surface area (Å²) in [5.41, 5.74) is 1.68. The van der Waals surface area contributed by atoms with Crippen LogP contribution in [0.4, 0.5) is 5.69 Å². The molecule has 7 nitrogen and oxygen atoms in total. The third-order valence-corrected chi connectivity index (χ3v) is 5.48. The van der Waals surface area contributed by atoms with Crippen LogP contribution < -0.4 is 11.2 Å². The summed E-state index contributed by atoms with van der Waals surface area (Å²) in [4.78, 5) is 12.5. The maximum Gasteiger partial charge on any atom is 0.237 e. The lowest BCUT2D eigenvalue weighted by atomic mass is 10.2. The fourth-order valence-corrected chi connectivity index (χ4v) is 3.55. The van der Waals surface area contributed by atoms with E-state index in [-0.39, 0.29) is 5.91 Å². The number of aromatic nitrogens is 3. The van der Waals surface area contributed by atoms with E-state index in [0.717, 1.165) is 10.0 Å². The number of nitrogens with zero attached hydrogens (tertiary/aromatic N) is 4. The third kappa shape index (κ3) is 4.13. The molecule has 3 aromatic rings. The van der Waals surface area contributed by atoms with E-state index in [9.17, 15) is 4.79 Å². The number of anilines is 1. The van der Waals surface area contributed by atoms with Gasteiger partial charge in [0, 0.05) is 10.0 Å². The summed E-state index contributed by atoms with van der Waals surface area (Å²) in [5, 5.41) is 20.0. The van der Waals surface area contributed by atoms with Crippen molar-refractivity contribution in [1.82, 2.24) is 14.9 Å². The number of thioether (sulfide) groups is 1. The number of carbonyl (C=O) groups is 1. The summed E-state index contributed by atoms with van der Waals surface area (Å²) < 4.78 is 2.21. The number of para-hydroxylation sites is 1. The summed E-state index contributed by atoms with van der Waals surface area (Å²) in [7, 11) is 0. The number of hydrogen-bond acceptors (Lipinski definition) is 6. The van der Waals surface area contributed by atoms with Gasteiger partial charge in [0.25, 0.3) is 0 Å². The highest BCUT2D eigenvalue weighted by atomic mass is 79.9. The molecular formula is C18H15BrN6OS. The second-order valence-electron chi connectivity index (χ2n) is 5.56. The number of nitrogens with two attached hydrogens (primary N) is 1. The predicted molar refractivity (Wildman–Crippen MR) is 108 cm³/mol. The molecule has 0 aliphatic heterocycles. The molecule has 0 saturated heterocycles. The normalized spacial score (nSPS) is 11.6. The van der Waals surface area contributed by atoms with Crippen LogP contribution in [0.15, 0.2) is 58.2 Å². The Morgan fingerprint density at radius 1 is 1.26 bits per heavy atom. The Labute approximate surface area is 168 Å². The maximum atomic E-state index is 12.5. The highest BCUT2D eigenvalue weighted by Gasteiger charge is 2.21. The molecular weight excluding hydrogens is 428 g/mol.